The van der Waals surface area contributed by atoms with Crippen LogP contribution in [0.15, 0.2) is 36.9 Å². The Balaban J connectivity index is 1.46. The number of nitrogens with zero attached hydrogens (tertiary/aromatic N) is 6. The van der Waals surface area contributed by atoms with E-state index in [2.05, 4.69) is 50.1 Å². The van der Waals surface area contributed by atoms with Crippen molar-refractivity contribution in [3.8, 4) is 11.4 Å². The highest BCUT2D eigenvalue weighted by molar-refractivity contribution is 5.59. The quantitative estimate of drug-likeness (QED) is 0.714. The van der Waals surface area contributed by atoms with Crippen molar-refractivity contribution in [2.24, 2.45) is 0 Å². The van der Waals surface area contributed by atoms with Crippen LogP contribution in [-0.4, -0.2) is 44.1 Å². The molecule has 1 aliphatic rings. The van der Waals surface area contributed by atoms with Crippen LogP contribution >= 0.6 is 0 Å². The van der Waals surface area contributed by atoms with Gasteiger partial charge in [0.15, 0.2) is 5.82 Å². The van der Waals surface area contributed by atoms with Crippen molar-refractivity contribution in [1.29, 1.82) is 0 Å². The molecule has 0 saturated carbocycles. The Morgan fingerprint density at radius 2 is 1.97 bits per heavy atom. The van der Waals surface area contributed by atoms with Crippen molar-refractivity contribution in [2.75, 3.05) is 23.3 Å². The van der Waals surface area contributed by atoms with Gasteiger partial charge in [-0.1, -0.05) is 6.92 Å². The SMILES string of the molecule is CCc1cc(N2CCC(Nc3nc(-c4cccnc4)nc(C)c3C)CC2)ncn1. The number of anilines is 2. The molecule has 7 nitrogen and oxygen atoms in total. The Bertz CT molecular complexity index is 966. The number of piperidine rings is 1. The number of hydrogen-bond donors (Lipinski definition) is 1. The minimum atomic E-state index is 0.383. The van der Waals surface area contributed by atoms with E-state index in [9.17, 15) is 0 Å². The van der Waals surface area contributed by atoms with Crippen molar-refractivity contribution in [3.63, 3.8) is 0 Å². The first-order chi connectivity index (χ1) is 14.1. The zero-order chi connectivity index (χ0) is 20.2. The lowest BCUT2D eigenvalue weighted by Gasteiger charge is -2.33. The number of aromatic nitrogens is 5. The Morgan fingerprint density at radius 1 is 1.14 bits per heavy atom. The van der Waals surface area contributed by atoms with Crippen LogP contribution in [0.1, 0.15) is 36.7 Å². The average Bonchev–Trinajstić information content (AvgIpc) is 2.78. The molecule has 0 spiro atoms. The first-order valence-corrected chi connectivity index (χ1v) is 10.2. The van der Waals surface area contributed by atoms with Gasteiger partial charge in [-0.05, 0) is 45.2 Å². The summed E-state index contributed by atoms with van der Waals surface area (Å²) in [6.45, 7) is 8.17. The molecule has 0 unspecified atom stereocenters. The highest BCUT2D eigenvalue weighted by atomic mass is 15.2. The van der Waals surface area contributed by atoms with Crippen LogP contribution in [0.25, 0.3) is 11.4 Å². The van der Waals surface area contributed by atoms with E-state index >= 15 is 0 Å². The summed E-state index contributed by atoms with van der Waals surface area (Å²) in [5.41, 5.74) is 4.12. The van der Waals surface area contributed by atoms with Crippen LogP contribution in [0.2, 0.25) is 0 Å². The van der Waals surface area contributed by atoms with Crippen molar-refractivity contribution >= 4 is 11.6 Å². The third-order valence-electron chi connectivity index (χ3n) is 5.54. The fraction of sp³-hybridized carbons (Fsp3) is 0.409. The monoisotopic (exact) mass is 389 g/mol. The Labute approximate surface area is 171 Å². The zero-order valence-electron chi connectivity index (χ0n) is 17.3. The molecule has 0 aromatic carbocycles. The normalized spacial score (nSPS) is 14.8. The van der Waals surface area contributed by atoms with E-state index in [-0.39, 0.29) is 0 Å². The van der Waals surface area contributed by atoms with Crippen LogP contribution in [0, 0.1) is 13.8 Å². The van der Waals surface area contributed by atoms with Crippen molar-refractivity contribution in [2.45, 2.75) is 46.1 Å². The van der Waals surface area contributed by atoms with Crippen LogP contribution in [-0.2, 0) is 6.42 Å². The standard InChI is InChI=1S/C22H27N7/c1-4-18-12-20(25-14-24-18)29-10-7-19(8-11-29)27-21-15(2)16(3)26-22(28-21)17-6-5-9-23-13-17/h5-6,9,12-14,19H,4,7-8,10-11H2,1-3H3,(H,26,27,28). The van der Waals surface area contributed by atoms with E-state index in [0.29, 0.717) is 11.9 Å². The van der Waals surface area contributed by atoms with Crippen LogP contribution in [0.3, 0.4) is 0 Å². The van der Waals surface area contributed by atoms with Gasteiger partial charge in [-0.2, -0.15) is 0 Å². The average molecular weight is 390 g/mol. The lowest BCUT2D eigenvalue weighted by molar-refractivity contribution is 0.521. The predicted molar refractivity (Wildman–Crippen MR) is 115 cm³/mol. The maximum atomic E-state index is 4.80. The fourth-order valence-electron chi connectivity index (χ4n) is 3.59. The fourth-order valence-corrected chi connectivity index (χ4v) is 3.59. The molecule has 4 rings (SSSR count). The second-order valence-corrected chi connectivity index (χ2v) is 7.47. The number of pyridine rings is 1. The van der Waals surface area contributed by atoms with Crippen LogP contribution in [0.4, 0.5) is 11.6 Å². The summed E-state index contributed by atoms with van der Waals surface area (Å²) in [5, 5.41) is 3.66. The topological polar surface area (TPSA) is 79.7 Å². The molecule has 29 heavy (non-hydrogen) atoms. The molecule has 150 valence electrons. The van der Waals surface area contributed by atoms with Gasteiger partial charge >= 0.3 is 0 Å². The maximum Gasteiger partial charge on any atom is 0.163 e. The second-order valence-electron chi connectivity index (χ2n) is 7.47. The summed E-state index contributed by atoms with van der Waals surface area (Å²) in [6.07, 6.45) is 8.24. The molecule has 0 amide bonds. The van der Waals surface area contributed by atoms with E-state index in [1.54, 1.807) is 18.7 Å². The van der Waals surface area contributed by atoms with Gasteiger partial charge < -0.3 is 10.2 Å². The molecule has 0 aliphatic carbocycles. The second kappa shape index (κ2) is 8.51. The van der Waals surface area contributed by atoms with Crippen molar-refractivity contribution in [3.05, 3.63) is 53.9 Å². The molecule has 3 aromatic heterocycles. The van der Waals surface area contributed by atoms with Gasteiger partial charge in [0.2, 0.25) is 0 Å². The molecule has 0 atom stereocenters. The minimum absolute atomic E-state index is 0.383. The summed E-state index contributed by atoms with van der Waals surface area (Å²) >= 11 is 0. The summed E-state index contributed by atoms with van der Waals surface area (Å²) in [5.74, 6) is 2.67. The smallest absolute Gasteiger partial charge is 0.163 e. The van der Waals surface area contributed by atoms with Crippen molar-refractivity contribution < 1.29 is 0 Å². The van der Waals surface area contributed by atoms with E-state index < -0.39 is 0 Å². The molecule has 1 fully saturated rings. The molecule has 4 heterocycles. The summed E-state index contributed by atoms with van der Waals surface area (Å²) in [4.78, 5) is 24.8. The lowest BCUT2D eigenvalue weighted by Crippen LogP contribution is -2.39. The summed E-state index contributed by atoms with van der Waals surface area (Å²) in [6, 6.07) is 6.39. The van der Waals surface area contributed by atoms with Gasteiger partial charge in [-0.3, -0.25) is 4.98 Å². The number of nitrogens with one attached hydrogen (secondary N) is 1. The number of aryl methyl sites for hydroxylation is 2. The van der Waals surface area contributed by atoms with Gasteiger partial charge in [0.25, 0.3) is 0 Å². The minimum Gasteiger partial charge on any atom is -0.367 e. The van der Waals surface area contributed by atoms with Gasteiger partial charge in [0.1, 0.15) is 18.0 Å². The van der Waals surface area contributed by atoms with Crippen LogP contribution < -0.4 is 10.2 Å². The molecular weight excluding hydrogens is 362 g/mol. The summed E-state index contributed by atoms with van der Waals surface area (Å²) < 4.78 is 0. The van der Waals surface area contributed by atoms with E-state index in [1.807, 2.05) is 19.1 Å². The first kappa shape index (κ1) is 19.2. The van der Waals surface area contributed by atoms with E-state index in [4.69, 9.17) is 4.98 Å². The molecule has 0 radical (unpaired) electrons. The number of rotatable bonds is 5. The largest absolute Gasteiger partial charge is 0.367 e. The Kier molecular flexibility index (Phi) is 5.64. The van der Waals surface area contributed by atoms with Gasteiger partial charge in [-0.15, -0.1) is 0 Å². The van der Waals surface area contributed by atoms with Gasteiger partial charge in [0.05, 0.1) is 0 Å². The highest BCUT2D eigenvalue weighted by Crippen LogP contribution is 2.25. The zero-order valence-corrected chi connectivity index (χ0v) is 17.3. The summed E-state index contributed by atoms with van der Waals surface area (Å²) in [7, 11) is 0. The molecular formula is C22H27N7. The molecule has 1 N–H and O–H groups in total. The predicted octanol–water partition coefficient (Wildman–Crippen LogP) is 3.59. The molecule has 0 bridgehead atoms. The first-order valence-electron chi connectivity index (χ1n) is 10.2. The van der Waals surface area contributed by atoms with Gasteiger partial charge in [0, 0.05) is 60.1 Å². The highest BCUT2D eigenvalue weighted by Gasteiger charge is 2.22. The van der Waals surface area contributed by atoms with Crippen LogP contribution in [0.5, 0.6) is 0 Å². The molecule has 7 heteroatoms. The van der Waals surface area contributed by atoms with E-state index in [0.717, 1.165) is 66.5 Å². The van der Waals surface area contributed by atoms with E-state index in [1.165, 1.54) is 0 Å². The Hall–Kier alpha value is -3.09. The third-order valence-corrected chi connectivity index (χ3v) is 5.54. The van der Waals surface area contributed by atoms with Crippen molar-refractivity contribution in [1.82, 2.24) is 24.9 Å². The third kappa shape index (κ3) is 4.34. The maximum absolute atomic E-state index is 4.80. The lowest BCUT2D eigenvalue weighted by atomic mass is 10.0. The van der Waals surface area contributed by atoms with Gasteiger partial charge in [-0.25, -0.2) is 19.9 Å². The Morgan fingerprint density at radius 3 is 2.69 bits per heavy atom. The molecule has 1 aliphatic heterocycles. The molecule has 1 saturated heterocycles. The molecule has 3 aromatic rings. The number of hydrogen-bond acceptors (Lipinski definition) is 7.